The van der Waals surface area contributed by atoms with Crippen molar-refractivity contribution in [3.05, 3.63) is 88.3 Å². The average molecular weight is 487 g/mol. The van der Waals surface area contributed by atoms with Crippen molar-refractivity contribution in [1.82, 2.24) is 0 Å². The Bertz CT molecular complexity index is 1250. The number of thioether (sulfide) groups is 1. The van der Waals surface area contributed by atoms with Crippen LogP contribution in [0.4, 0.5) is 11.4 Å². The largest absolute Gasteiger partial charge is 0.493 e. The number of anilines is 1. The highest BCUT2D eigenvalue weighted by molar-refractivity contribution is 8.19. The summed E-state index contributed by atoms with van der Waals surface area (Å²) in [5.74, 6) is 1.25. The monoisotopic (exact) mass is 486 g/mol. The van der Waals surface area contributed by atoms with Crippen molar-refractivity contribution in [2.75, 3.05) is 18.6 Å². The van der Waals surface area contributed by atoms with E-state index in [1.165, 1.54) is 11.8 Å². The number of methoxy groups -OCH3 is 1. The van der Waals surface area contributed by atoms with Crippen molar-refractivity contribution in [3.8, 4) is 11.5 Å². The molecule has 0 spiro atoms. The summed E-state index contributed by atoms with van der Waals surface area (Å²) in [7, 11) is 1.62. The maximum atomic E-state index is 13.5. The molecule has 4 rings (SSSR count). The van der Waals surface area contributed by atoms with Crippen LogP contribution in [0.2, 0.25) is 0 Å². The number of hydrogen-bond acceptors (Lipinski definition) is 5. The van der Waals surface area contributed by atoms with Crippen molar-refractivity contribution in [3.63, 3.8) is 0 Å². The zero-order chi connectivity index (χ0) is 24.8. The number of ether oxygens (including phenoxy) is 2. The minimum atomic E-state index is -0.105. The van der Waals surface area contributed by atoms with Gasteiger partial charge in [0.15, 0.2) is 16.7 Å². The maximum absolute atomic E-state index is 13.5. The molecule has 0 aliphatic carbocycles. The predicted octanol–water partition coefficient (Wildman–Crippen LogP) is 7.30. The predicted molar refractivity (Wildman–Crippen MR) is 146 cm³/mol. The van der Waals surface area contributed by atoms with Crippen molar-refractivity contribution < 1.29 is 14.3 Å². The van der Waals surface area contributed by atoms with Gasteiger partial charge in [-0.25, -0.2) is 4.99 Å². The van der Waals surface area contributed by atoms with E-state index in [1.54, 1.807) is 12.0 Å². The summed E-state index contributed by atoms with van der Waals surface area (Å²) in [4.78, 5) is 20.6. The molecule has 5 nitrogen and oxygen atoms in total. The molecule has 0 N–H and O–H groups in total. The van der Waals surface area contributed by atoms with Crippen molar-refractivity contribution in [2.24, 2.45) is 4.99 Å². The van der Waals surface area contributed by atoms with Crippen LogP contribution < -0.4 is 14.4 Å². The van der Waals surface area contributed by atoms with Crippen LogP contribution in [0.3, 0.4) is 0 Å². The van der Waals surface area contributed by atoms with Gasteiger partial charge in [-0.2, -0.15) is 0 Å². The van der Waals surface area contributed by atoms with Crippen LogP contribution in [0.15, 0.2) is 76.6 Å². The lowest BCUT2D eigenvalue weighted by molar-refractivity contribution is -0.113. The molecule has 1 aliphatic heterocycles. The van der Waals surface area contributed by atoms with Gasteiger partial charge >= 0.3 is 0 Å². The maximum Gasteiger partial charge on any atom is 0.271 e. The molecule has 0 saturated carbocycles. The topological polar surface area (TPSA) is 51.1 Å². The molecule has 0 aromatic heterocycles. The van der Waals surface area contributed by atoms with Gasteiger partial charge in [-0.1, -0.05) is 54.8 Å². The number of aliphatic imine (C=N–C) groups is 1. The molecule has 0 unspecified atom stereocenters. The van der Waals surface area contributed by atoms with Crippen LogP contribution >= 0.6 is 11.8 Å². The first-order valence-corrected chi connectivity index (χ1v) is 12.6. The van der Waals surface area contributed by atoms with Crippen molar-refractivity contribution in [2.45, 2.75) is 33.6 Å². The molecule has 6 heteroatoms. The van der Waals surface area contributed by atoms with Gasteiger partial charge in [0.2, 0.25) is 0 Å². The van der Waals surface area contributed by atoms with Gasteiger partial charge in [0.25, 0.3) is 5.91 Å². The lowest BCUT2D eigenvalue weighted by atomic mass is 10.1. The summed E-state index contributed by atoms with van der Waals surface area (Å²) >= 11 is 1.37. The number of carbonyl (C=O) groups is 1. The SMILES string of the molecule is CCCCOc1ccc(/C=C2\SC(=Nc3ccc(C)cc3)N(c3ccc(C)cc3)C2=O)cc1OC. The fourth-order valence-electron chi connectivity index (χ4n) is 3.57. The van der Waals surface area contributed by atoms with Gasteiger partial charge in [0.1, 0.15) is 0 Å². The summed E-state index contributed by atoms with van der Waals surface area (Å²) in [6.45, 7) is 6.84. The van der Waals surface area contributed by atoms with Crippen LogP contribution in [-0.2, 0) is 4.79 Å². The number of benzene rings is 3. The number of nitrogens with zero attached hydrogens (tertiary/aromatic N) is 2. The quantitative estimate of drug-likeness (QED) is 0.248. The Hall–Kier alpha value is -3.51. The van der Waals surface area contributed by atoms with E-state index < -0.39 is 0 Å². The highest BCUT2D eigenvalue weighted by atomic mass is 32.2. The number of amidine groups is 1. The van der Waals surface area contributed by atoms with E-state index in [9.17, 15) is 4.79 Å². The first-order valence-electron chi connectivity index (χ1n) is 11.8. The molecule has 1 amide bonds. The lowest BCUT2D eigenvalue weighted by Gasteiger charge is -2.16. The fraction of sp³-hybridized carbons (Fsp3) is 0.241. The Morgan fingerprint density at radius 3 is 2.29 bits per heavy atom. The van der Waals surface area contributed by atoms with Gasteiger partial charge in [0, 0.05) is 0 Å². The first-order chi connectivity index (χ1) is 17.0. The summed E-state index contributed by atoms with van der Waals surface area (Å²) in [5.41, 5.74) is 4.76. The minimum absolute atomic E-state index is 0.105. The van der Waals surface area contributed by atoms with Gasteiger partial charge < -0.3 is 9.47 Å². The second-order valence-corrected chi connectivity index (χ2v) is 9.44. The molecule has 1 aliphatic rings. The first kappa shape index (κ1) is 24.6. The third-order valence-corrected chi connectivity index (χ3v) is 6.57. The Balaban J connectivity index is 1.68. The summed E-state index contributed by atoms with van der Waals surface area (Å²) in [6, 6.07) is 21.6. The van der Waals surface area contributed by atoms with Crippen LogP contribution in [0.1, 0.15) is 36.5 Å². The molecule has 1 fully saturated rings. The molecule has 0 radical (unpaired) electrons. The summed E-state index contributed by atoms with van der Waals surface area (Å²) in [6.07, 6.45) is 3.93. The van der Waals surface area contributed by atoms with E-state index in [2.05, 4.69) is 6.92 Å². The van der Waals surface area contributed by atoms with Crippen LogP contribution in [0.5, 0.6) is 11.5 Å². The average Bonchev–Trinajstić information content (AvgIpc) is 3.16. The molecule has 180 valence electrons. The second-order valence-electron chi connectivity index (χ2n) is 8.43. The van der Waals surface area contributed by atoms with Crippen LogP contribution in [0.25, 0.3) is 6.08 Å². The zero-order valence-corrected chi connectivity index (χ0v) is 21.4. The van der Waals surface area contributed by atoms with Crippen LogP contribution in [0, 0.1) is 13.8 Å². The molecule has 0 atom stereocenters. The molecule has 35 heavy (non-hydrogen) atoms. The number of amides is 1. The van der Waals surface area contributed by atoms with E-state index in [1.807, 2.05) is 86.7 Å². The van der Waals surface area contributed by atoms with Crippen LogP contribution in [-0.4, -0.2) is 24.8 Å². The molecule has 3 aromatic rings. The normalized spacial score (nSPS) is 15.8. The van der Waals surface area contributed by atoms with Gasteiger partial charge in [-0.3, -0.25) is 9.69 Å². The van der Waals surface area contributed by atoms with Gasteiger partial charge in [0.05, 0.1) is 30.0 Å². The summed E-state index contributed by atoms with van der Waals surface area (Å²) in [5, 5.41) is 0.625. The molecule has 1 heterocycles. The molecule has 0 bridgehead atoms. The molecular formula is C29H30N2O3S. The Morgan fingerprint density at radius 2 is 1.63 bits per heavy atom. The third-order valence-electron chi connectivity index (χ3n) is 5.60. The van der Waals surface area contributed by atoms with E-state index in [4.69, 9.17) is 14.5 Å². The third kappa shape index (κ3) is 5.95. The highest BCUT2D eigenvalue weighted by Crippen LogP contribution is 2.38. The Morgan fingerprint density at radius 1 is 0.943 bits per heavy atom. The standard InChI is InChI=1S/C29H30N2O3S/c1-5-6-17-34-25-16-11-22(18-26(25)33-4)19-27-28(32)31(24-14-9-21(3)10-15-24)29(35-27)30-23-12-7-20(2)8-13-23/h7-16,18-19H,5-6,17H2,1-4H3/b27-19-,30-29?. The van der Waals surface area contributed by atoms with E-state index in [-0.39, 0.29) is 5.91 Å². The smallest absolute Gasteiger partial charge is 0.271 e. The molecular weight excluding hydrogens is 456 g/mol. The number of aryl methyl sites for hydroxylation is 2. The molecule has 3 aromatic carbocycles. The Labute approximate surface area is 211 Å². The van der Waals surface area contributed by atoms with E-state index >= 15 is 0 Å². The molecule has 1 saturated heterocycles. The van der Waals surface area contributed by atoms with Crippen molar-refractivity contribution >= 4 is 40.3 Å². The minimum Gasteiger partial charge on any atom is -0.493 e. The second kappa shape index (κ2) is 11.3. The highest BCUT2D eigenvalue weighted by Gasteiger charge is 2.34. The van der Waals surface area contributed by atoms with E-state index in [0.717, 1.165) is 40.9 Å². The summed E-state index contributed by atoms with van der Waals surface area (Å²) < 4.78 is 11.4. The number of hydrogen-bond donors (Lipinski definition) is 0. The number of carbonyl (C=O) groups excluding carboxylic acids is 1. The Kier molecular flexibility index (Phi) is 7.93. The van der Waals surface area contributed by atoms with E-state index in [0.29, 0.717) is 28.2 Å². The number of unbranched alkanes of at least 4 members (excludes halogenated alkanes) is 1. The van der Waals surface area contributed by atoms with Crippen molar-refractivity contribution in [1.29, 1.82) is 0 Å². The van der Waals surface area contributed by atoms with Gasteiger partial charge in [-0.15, -0.1) is 0 Å². The van der Waals surface area contributed by atoms with Gasteiger partial charge in [-0.05, 0) is 80.1 Å². The fourth-order valence-corrected chi connectivity index (χ4v) is 4.57. The zero-order valence-electron chi connectivity index (χ0n) is 20.6. The lowest BCUT2D eigenvalue weighted by Crippen LogP contribution is -2.28. The number of rotatable bonds is 8.